The molecule has 0 unspecified atom stereocenters. The predicted octanol–water partition coefficient (Wildman–Crippen LogP) is 10.8. The number of carbonyl (C=O) groups excluding carboxylic acids is 1. The minimum atomic E-state index is -0.0848. The number of benzene rings is 1. The van der Waals surface area contributed by atoms with Crippen molar-refractivity contribution in [3.8, 4) is 5.75 Å². The Balaban J connectivity index is 1.91. The zero-order valence-corrected chi connectivity index (χ0v) is 22.9. The highest BCUT2D eigenvalue weighted by Gasteiger charge is 2.05. The van der Waals surface area contributed by atoms with Gasteiger partial charge >= 0.3 is 5.97 Å². The van der Waals surface area contributed by atoms with Crippen molar-refractivity contribution in [2.45, 2.75) is 162 Å². The Morgan fingerprint density at radius 3 is 1.35 bits per heavy atom. The van der Waals surface area contributed by atoms with Gasteiger partial charge in [0.05, 0.1) is 0 Å². The number of aryl methyl sites for hydroxylation is 1. The van der Waals surface area contributed by atoms with E-state index in [-0.39, 0.29) is 5.97 Å². The number of carbonyl (C=O) groups is 1. The van der Waals surface area contributed by atoms with Crippen molar-refractivity contribution in [2.75, 3.05) is 0 Å². The van der Waals surface area contributed by atoms with Crippen LogP contribution in [0, 0.1) is 0 Å². The molecule has 196 valence electrons. The summed E-state index contributed by atoms with van der Waals surface area (Å²) < 4.78 is 5.52. The number of esters is 1. The number of unbranched alkanes of at least 4 members (excludes halogenated alkanes) is 19. The monoisotopic (exact) mass is 472 g/mol. The SMILES string of the molecule is CCCCCCCCCCCCCCCCCC(=O)Oc1ccc(CCCCCCCC)cc1. The van der Waals surface area contributed by atoms with E-state index in [2.05, 4.69) is 26.0 Å². The second-order valence-electron chi connectivity index (χ2n) is 10.3. The summed E-state index contributed by atoms with van der Waals surface area (Å²) in [5.41, 5.74) is 1.35. The molecular weight excluding hydrogens is 416 g/mol. The molecule has 0 aromatic heterocycles. The summed E-state index contributed by atoms with van der Waals surface area (Å²) in [6.45, 7) is 4.54. The first-order valence-electron chi connectivity index (χ1n) is 15.1. The average Bonchev–Trinajstić information content (AvgIpc) is 2.84. The molecule has 0 saturated heterocycles. The molecule has 0 radical (unpaired) electrons. The molecule has 2 nitrogen and oxygen atoms in total. The maximum atomic E-state index is 12.1. The van der Waals surface area contributed by atoms with Crippen LogP contribution in [-0.4, -0.2) is 5.97 Å². The van der Waals surface area contributed by atoms with Gasteiger partial charge in [-0.15, -0.1) is 0 Å². The van der Waals surface area contributed by atoms with E-state index in [4.69, 9.17) is 4.74 Å². The topological polar surface area (TPSA) is 26.3 Å². The summed E-state index contributed by atoms with van der Waals surface area (Å²) in [5.74, 6) is 0.607. The highest BCUT2D eigenvalue weighted by Crippen LogP contribution is 2.17. The van der Waals surface area contributed by atoms with Gasteiger partial charge in [-0.1, -0.05) is 148 Å². The molecule has 34 heavy (non-hydrogen) atoms. The van der Waals surface area contributed by atoms with Crippen LogP contribution in [0.5, 0.6) is 5.75 Å². The van der Waals surface area contributed by atoms with Crippen molar-refractivity contribution >= 4 is 5.97 Å². The van der Waals surface area contributed by atoms with Crippen LogP contribution in [0.15, 0.2) is 24.3 Å². The van der Waals surface area contributed by atoms with E-state index in [9.17, 15) is 4.79 Å². The zero-order valence-electron chi connectivity index (χ0n) is 22.9. The third-order valence-corrected chi connectivity index (χ3v) is 6.96. The van der Waals surface area contributed by atoms with Gasteiger partial charge in [0.2, 0.25) is 0 Å². The third kappa shape index (κ3) is 19.0. The molecule has 0 heterocycles. The Morgan fingerprint density at radius 2 is 0.912 bits per heavy atom. The Hall–Kier alpha value is -1.31. The molecule has 0 spiro atoms. The second kappa shape index (κ2) is 23.4. The Bertz CT molecular complexity index is 563. The quantitative estimate of drug-likeness (QED) is 0.0849. The first kappa shape index (κ1) is 30.7. The van der Waals surface area contributed by atoms with Crippen molar-refractivity contribution in [3.63, 3.8) is 0 Å². The van der Waals surface area contributed by atoms with Crippen LogP contribution in [0.3, 0.4) is 0 Å². The summed E-state index contributed by atoms with van der Waals surface area (Å²) in [6.07, 6.45) is 29.7. The van der Waals surface area contributed by atoms with Gasteiger partial charge in [0, 0.05) is 6.42 Å². The van der Waals surface area contributed by atoms with E-state index in [0.717, 1.165) is 19.3 Å². The fourth-order valence-electron chi connectivity index (χ4n) is 4.66. The van der Waals surface area contributed by atoms with Gasteiger partial charge in [0.1, 0.15) is 5.75 Å². The van der Waals surface area contributed by atoms with Crippen LogP contribution in [0.4, 0.5) is 0 Å². The van der Waals surface area contributed by atoms with E-state index in [1.165, 1.54) is 128 Å². The van der Waals surface area contributed by atoms with Crippen LogP contribution < -0.4 is 4.74 Å². The number of rotatable bonds is 24. The van der Waals surface area contributed by atoms with Crippen LogP contribution in [0.25, 0.3) is 0 Å². The first-order chi connectivity index (χ1) is 16.8. The standard InChI is InChI=1S/C32H56O2/c1-3-5-7-9-11-12-13-14-15-16-17-18-19-21-23-25-32(33)34-31-28-26-30(27-29-31)24-22-20-10-8-6-4-2/h26-29H,3-25H2,1-2H3. The summed E-state index contributed by atoms with van der Waals surface area (Å²) in [4.78, 5) is 12.1. The lowest BCUT2D eigenvalue weighted by Gasteiger charge is -2.06. The molecule has 0 N–H and O–H groups in total. The molecule has 1 aromatic carbocycles. The van der Waals surface area contributed by atoms with Crippen molar-refractivity contribution in [1.82, 2.24) is 0 Å². The normalized spacial score (nSPS) is 11.1. The van der Waals surface area contributed by atoms with Gasteiger partial charge in [-0.05, 0) is 37.0 Å². The lowest BCUT2D eigenvalue weighted by Crippen LogP contribution is -2.07. The molecule has 1 aromatic rings. The summed E-state index contributed by atoms with van der Waals surface area (Å²) >= 11 is 0. The smallest absolute Gasteiger partial charge is 0.311 e. The minimum Gasteiger partial charge on any atom is -0.427 e. The van der Waals surface area contributed by atoms with Gasteiger partial charge in [-0.25, -0.2) is 0 Å². The number of hydrogen-bond acceptors (Lipinski definition) is 2. The lowest BCUT2D eigenvalue weighted by molar-refractivity contribution is -0.134. The third-order valence-electron chi connectivity index (χ3n) is 6.96. The van der Waals surface area contributed by atoms with Crippen LogP contribution in [0.2, 0.25) is 0 Å². The van der Waals surface area contributed by atoms with Crippen molar-refractivity contribution < 1.29 is 9.53 Å². The molecule has 1 rings (SSSR count). The number of ether oxygens (including phenoxy) is 1. The average molecular weight is 473 g/mol. The zero-order chi connectivity index (χ0) is 24.5. The second-order valence-corrected chi connectivity index (χ2v) is 10.3. The largest absolute Gasteiger partial charge is 0.427 e. The van der Waals surface area contributed by atoms with E-state index < -0.39 is 0 Å². The fraction of sp³-hybridized carbons (Fsp3) is 0.781. The maximum Gasteiger partial charge on any atom is 0.311 e. The van der Waals surface area contributed by atoms with Crippen molar-refractivity contribution in [3.05, 3.63) is 29.8 Å². The molecule has 0 fully saturated rings. The summed E-state index contributed by atoms with van der Waals surface area (Å²) in [7, 11) is 0. The number of hydrogen-bond donors (Lipinski definition) is 0. The molecule has 0 bridgehead atoms. The molecule has 0 amide bonds. The fourth-order valence-corrected chi connectivity index (χ4v) is 4.66. The molecule has 0 saturated carbocycles. The van der Waals surface area contributed by atoms with E-state index >= 15 is 0 Å². The molecule has 0 aliphatic carbocycles. The van der Waals surface area contributed by atoms with Gasteiger partial charge in [0.25, 0.3) is 0 Å². The molecular formula is C32H56O2. The maximum absolute atomic E-state index is 12.1. The van der Waals surface area contributed by atoms with Gasteiger partial charge in [-0.3, -0.25) is 4.79 Å². The van der Waals surface area contributed by atoms with E-state index in [1.54, 1.807) is 0 Å². The minimum absolute atomic E-state index is 0.0848. The molecule has 2 heteroatoms. The van der Waals surface area contributed by atoms with Crippen LogP contribution >= 0.6 is 0 Å². The van der Waals surface area contributed by atoms with Gasteiger partial charge in [0.15, 0.2) is 0 Å². The van der Waals surface area contributed by atoms with Crippen molar-refractivity contribution in [2.24, 2.45) is 0 Å². The predicted molar refractivity (Wildman–Crippen MR) is 149 cm³/mol. The van der Waals surface area contributed by atoms with Crippen molar-refractivity contribution in [1.29, 1.82) is 0 Å². The van der Waals surface area contributed by atoms with E-state index in [1.807, 2.05) is 12.1 Å². The van der Waals surface area contributed by atoms with Crippen LogP contribution in [-0.2, 0) is 11.2 Å². The van der Waals surface area contributed by atoms with Gasteiger partial charge in [-0.2, -0.15) is 0 Å². The van der Waals surface area contributed by atoms with Crippen LogP contribution in [0.1, 0.15) is 161 Å². The highest BCUT2D eigenvalue weighted by molar-refractivity contribution is 5.72. The molecule has 0 atom stereocenters. The first-order valence-corrected chi connectivity index (χ1v) is 15.1. The Kier molecular flexibility index (Phi) is 21.2. The highest BCUT2D eigenvalue weighted by atomic mass is 16.5. The lowest BCUT2D eigenvalue weighted by atomic mass is 10.0. The molecule has 0 aliphatic rings. The van der Waals surface area contributed by atoms with E-state index in [0.29, 0.717) is 12.2 Å². The Morgan fingerprint density at radius 1 is 0.529 bits per heavy atom. The van der Waals surface area contributed by atoms with Gasteiger partial charge < -0.3 is 4.74 Å². The summed E-state index contributed by atoms with van der Waals surface area (Å²) in [5, 5.41) is 0. The Labute approximate surface area is 212 Å². The molecule has 0 aliphatic heterocycles. The summed E-state index contributed by atoms with van der Waals surface area (Å²) in [6, 6.07) is 8.14.